The Kier molecular flexibility index (Phi) is 3.43. The van der Waals surface area contributed by atoms with Crippen LogP contribution in [0.1, 0.15) is 12.1 Å². The van der Waals surface area contributed by atoms with Crippen LogP contribution in [0.25, 0.3) is 0 Å². The van der Waals surface area contributed by atoms with E-state index in [-0.39, 0.29) is 12.3 Å². The van der Waals surface area contributed by atoms with Crippen LogP contribution in [0.2, 0.25) is 0 Å². The van der Waals surface area contributed by atoms with Gasteiger partial charge in [0.05, 0.1) is 6.54 Å². The fourth-order valence-electron chi connectivity index (χ4n) is 1.85. The summed E-state index contributed by atoms with van der Waals surface area (Å²) in [5, 5.41) is 0. The van der Waals surface area contributed by atoms with Crippen LogP contribution in [-0.4, -0.2) is 42.0 Å². The molecular weight excluding hydrogens is 252 g/mol. The highest BCUT2D eigenvalue weighted by Gasteiger charge is 2.48. The molecule has 1 unspecified atom stereocenters. The molecular formula is C11H12F4N2O. The maximum absolute atomic E-state index is 13.5. The maximum Gasteiger partial charge on any atom is 0.297 e. The van der Waals surface area contributed by atoms with E-state index in [1.54, 1.807) is 7.05 Å². The SMILES string of the molecule is CN1CC(Oc2ccnc(C(F)F)c2)C(F)(F)C1. The summed E-state index contributed by atoms with van der Waals surface area (Å²) < 4.78 is 56.8. The minimum absolute atomic E-state index is 0.0136. The molecule has 0 spiro atoms. The van der Waals surface area contributed by atoms with Crippen LogP contribution in [-0.2, 0) is 0 Å². The summed E-state index contributed by atoms with van der Waals surface area (Å²) in [4.78, 5) is 4.87. The van der Waals surface area contributed by atoms with Crippen LogP contribution in [0.5, 0.6) is 5.75 Å². The first-order valence-corrected chi connectivity index (χ1v) is 5.35. The third-order valence-corrected chi connectivity index (χ3v) is 2.68. The molecule has 0 N–H and O–H groups in total. The van der Waals surface area contributed by atoms with Crippen molar-refractivity contribution in [3.8, 4) is 5.75 Å². The van der Waals surface area contributed by atoms with E-state index in [2.05, 4.69) is 4.98 Å². The first-order chi connectivity index (χ1) is 8.38. The number of halogens is 4. The minimum atomic E-state index is -2.98. The van der Waals surface area contributed by atoms with Gasteiger partial charge in [-0.25, -0.2) is 17.6 Å². The van der Waals surface area contributed by atoms with Gasteiger partial charge in [0.15, 0.2) is 6.10 Å². The Bertz CT molecular complexity index is 427. The highest BCUT2D eigenvalue weighted by molar-refractivity contribution is 5.24. The maximum atomic E-state index is 13.5. The lowest BCUT2D eigenvalue weighted by Gasteiger charge is -2.19. The van der Waals surface area contributed by atoms with Crippen molar-refractivity contribution in [3.63, 3.8) is 0 Å². The number of aromatic nitrogens is 1. The van der Waals surface area contributed by atoms with E-state index in [4.69, 9.17) is 4.74 Å². The Morgan fingerprint density at radius 2 is 2.22 bits per heavy atom. The van der Waals surface area contributed by atoms with Crippen LogP contribution < -0.4 is 4.74 Å². The summed E-state index contributed by atoms with van der Waals surface area (Å²) in [6.45, 7) is -0.343. The predicted molar refractivity (Wildman–Crippen MR) is 56.1 cm³/mol. The number of rotatable bonds is 3. The van der Waals surface area contributed by atoms with E-state index >= 15 is 0 Å². The predicted octanol–water partition coefficient (Wildman–Crippen LogP) is 2.35. The van der Waals surface area contributed by atoms with Crippen LogP contribution in [0.3, 0.4) is 0 Å². The standard InChI is InChI=1S/C11H12F4N2O/c1-17-5-9(11(14,15)6-17)18-7-2-3-16-8(4-7)10(12)13/h2-4,9-10H,5-6H2,1H3. The molecule has 1 aliphatic heterocycles. The average molecular weight is 264 g/mol. The number of pyridine rings is 1. The lowest BCUT2D eigenvalue weighted by molar-refractivity contribution is -0.0616. The molecule has 1 aromatic rings. The van der Waals surface area contributed by atoms with Gasteiger partial charge >= 0.3 is 0 Å². The molecule has 100 valence electrons. The van der Waals surface area contributed by atoms with Gasteiger partial charge in [-0.2, -0.15) is 0 Å². The van der Waals surface area contributed by atoms with Crippen molar-refractivity contribution >= 4 is 0 Å². The van der Waals surface area contributed by atoms with Gasteiger partial charge in [0, 0.05) is 18.8 Å². The van der Waals surface area contributed by atoms with Crippen molar-refractivity contribution in [2.75, 3.05) is 20.1 Å². The molecule has 0 aliphatic carbocycles. The van der Waals surface area contributed by atoms with Crippen LogP contribution in [0.15, 0.2) is 18.3 Å². The molecule has 0 bridgehead atoms. The smallest absolute Gasteiger partial charge is 0.297 e. The van der Waals surface area contributed by atoms with Gasteiger partial charge < -0.3 is 4.74 Å². The van der Waals surface area contributed by atoms with E-state index in [0.717, 1.165) is 12.3 Å². The van der Waals surface area contributed by atoms with Crippen LogP contribution in [0.4, 0.5) is 17.6 Å². The molecule has 0 saturated carbocycles. The summed E-state index contributed by atoms with van der Waals surface area (Å²) in [7, 11) is 1.55. The van der Waals surface area contributed by atoms with Crippen LogP contribution >= 0.6 is 0 Å². The summed E-state index contributed by atoms with van der Waals surface area (Å²) in [6.07, 6.45) is -2.95. The number of hydrogen-bond acceptors (Lipinski definition) is 3. The monoisotopic (exact) mass is 264 g/mol. The Morgan fingerprint density at radius 1 is 1.50 bits per heavy atom. The molecule has 7 heteroatoms. The number of nitrogens with zero attached hydrogens (tertiary/aromatic N) is 2. The van der Waals surface area contributed by atoms with E-state index in [0.29, 0.717) is 0 Å². The van der Waals surface area contributed by atoms with Crippen molar-refractivity contribution in [2.45, 2.75) is 18.5 Å². The molecule has 1 saturated heterocycles. The largest absolute Gasteiger partial charge is 0.483 e. The van der Waals surface area contributed by atoms with Gasteiger partial charge in [-0.05, 0) is 13.1 Å². The van der Waals surface area contributed by atoms with Gasteiger partial charge in [0.2, 0.25) is 0 Å². The zero-order valence-electron chi connectivity index (χ0n) is 9.62. The lowest BCUT2D eigenvalue weighted by atomic mass is 10.2. The van der Waals surface area contributed by atoms with Gasteiger partial charge in [-0.15, -0.1) is 0 Å². The summed E-state index contributed by atoms with van der Waals surface area (Å²) in [5.74, 6) is -3.00. The Balaban J connectivity index is 2.12. The quantitative estimate of drug-likeness (QED) is 0.784. The third-order valence-electron chi connectivity index (χ3n) is 2.68. The molecule has 0 aromatic carbocycles. The normalized spacial score (nSPS) is 23.6. The van der Waals surface area contributed by atoms with Crippen molar-refractivity contribution < 1.29 is 22.3 Å². The molecule has 2 heterocycles. The van der Waals surface area contributed by atoms with E-state index < -0.39 is 30.7 Å². The second-order valence-electron chi connectivity index (χ2n) is 4.28. The number of alkyl halides is 4. The van der Waals surface area contributed by atoms with Gasteiger partial charge in [-0.1, -0.05) is 0 Å². The third kappa shape index (κ3) is 2.72. The molecule has 1 atom stereocenters. The van der Waals surface area contributed by atoms with E-state index in [9.17, 15) is 17.6 Å². The zero-order chi connectivity index (χ0) is 13.3. The summed E-state index contributed by atoms with van der Waals surface area (Å²) in [5.41, 5.74) is -0.484. The molecule has 3 nitrogen and oxygen atoms in total. The van der Waals surface area contributed by atoms with Gasteiger partial charge in [0.1, 0.15) is 11.4 Å². The van der Waals surface area contributed by atoms with Crippen LogP contribution in [0, 0.1) is 0 Å². The average Bonchev–Trinajstić information content (AvgIpc) is 2.52. The Hall–Kier alpha value is -1.37. The molecule has 1 fully saturated rings. The van der Waals surface area contributed by atoms with Crippen molar-refractivity contribution in [1.29, 1.82) is 0 Å². The molecule has 2 rings (SSSR count). The second-order valence-corrected chi connectivity index (χ2v) is 4.28. The number of ether oxygens (including phenoxy) is 1. The Labute approximate surface area is 101 Å². The Morgan fingerprint density at radius 3 is 2.78 bits per heavy atom. The zero-order valence-corrected chi connectivity index (χ0v) is 9.62. The van der Waals surface area contributed by atoms with Gasteiger partial charge in [0.25, 0.3) is 12.3 Å². The van der Waals surface area contributed by atoms with E-state index in [1.807, 2.05) is 0 Å². The first kappa shape index (κ1) is 13.1. The van der Waals surface area contributed by atoms with Crippen molar-refractivity contribution in [1.82, 2.24) is 9.88 Å². The van der Waals surface area contributed by atoms with Crippen molar-refractivity contribution in [3.05, 3.63) is 24.0 Å². The molecule has 1 aliphatic rings. The number of likely N-dealkylation sites (N-methyl/N-ethyl adjacent to an activating group) is 1. The molecule has 18 heavy (non-hydrogen) atoms. The molecule has 0 radical (unpaired) electrons. The highest BCUT2D eigenvalue weighted by Crippen LogP contribution is 2.31. The number of hydrogen-bond donors (Lipinski definition) is 0. The second kappa shape index (κ2) is 4.72. The van der Waals surface area contributed by atoms with Gasteiger partial charge in [-0.3, -0.25) is 9.88 Å². The first-order valence-electron chi connectivity index (χ1n) is 5.35. The lowest BCUT2D eigenvalue weighted by Crippen LogP contribution is -2.36. The fourth-order valence-corrected chi connectivity index (χ4v) is 1.85. The highest BCUT2D eigenvalue weighted by atomic mass is 19.3. The molecule has 0 amide bonds. The van der Waals surface area contributed by atoms with Crippen molar-refractivity contribution in [2.24, 2.45) is 0 Å². The topological polar surface area (TPSA) is 25.4 Å². The fraction of sp³-hybridized carbons (Fsp3) is 0.545. The summed E-state index contributed by atoms with van der Waals surface area (Å²) in [6, 6.07) is 2.28. The number of likely N-dealkylation sites (tertiary alicyclic amines) is 1. The molecule has 1 aromatic heterocycles. The minimum Gasteiger partial charge on any atom is -0.483 e. The van der Waals surface area contributed by atoms with E-state index in [1.165, 1.54) is 11.0 Å². The summed E-state index contributed by atoms with van der Waals surface area (Å²) >= 11 is 0.